The normalized spacial score (nSPS) is 16.9. The molecule has 0 heterocycles. The van der Waals surface area contributed by atoms with Crippen molar-refractivity contribution in [1.29, 1.82) is 0 Å². The van der Waals surface area contributed by atoms with E-state index in [1.165, 1.54) is 20.8 Å². The molecule has 0 aliphatic rings. The van der Waals surface area contributed by atoms with E-state index in [2.05, 4.69) is 0 Å². The van der Waals surface area contributed by atoms with Crippen LogP contribution in [-0.2, 0) is 9.05 Å². The molecule has 5 heteroatoms. The molecule has 0 bridgehead atoms. The Morgan fingerprint density at radius 2 is 1.70 bits per heavy atom. The van der Waals surface area contributed by atoms with Gasteiger partial charge in [0.25, 0.3) is 9.05 Å². The third-order valence-electron chi connectivity index (χ3n) is 0.928. The summed E-state index contributed by atoms with van der Waals surface area (Å²) in [5.41, 5.74) is -2.94. The standard InChI is InChI=1S/C5H10ClFO2S/c1-5(2,3)4(7)10(6,8)9/h4H,1-3H3. The molecule has 0 aromatic rings. The van der Waals surface area contributed by atoms with Crippen molar-refractivity contribution in [3.05, 3.63) is 0 Å². The molecule has 0 N–H and O–H groups in total. The quantitative estimate of drug-likeness (QED) is 0.589. The minimum atomic E-state index is -4.05. The first-order valence-corrected chi connectivity index (χ1v) is 5.10. The molecule has 0 amide bonds. The van der Waals surface area contributed by atoms with Crippen LogP contribution in [0.1, 0.15) is 20.8 Å². The van der Waals surface area contributed by atoms with E-state index in [4.69, 9.17) is 10.7 Å². The van der Waals surface area contributed by atoms with Gasteiger partial charge in [-0.25, -0.2) is 12.8 Å². The van der Waals surface area contributed by atoms with Crippen LogP contribution >= 0.6 is 10.7 Å². The largest absolute Gasteiger partial charge is 0.265 e. The third-order valence-corrected chi connectivity index (χ3v) is 2.60. The molecule has 0 saturated carbocycles. The van der Waals surface area contributed by atoms with Gasteiger partial charge in [-0.1, -0.05) is 20.8 Å². The predicted octanol–water partition coefficient (Wildman–Crippen LogP) is 1.90. The first-order valence-electron chi connectivity index (χ1n) is 2.73. The molecule has 2 nitrogen and oxygen atoms in total. The molecule has 0 radical (unpaired) electrons. The fourth-order valence-corrected chi connectivity index (χ4v) is 2.07. The van der Waals surface area contributed by atoms with E-state index in [0.717, 1.165) is 0 Å². The summed E-state index contributed by atoms with van der Waals surface area (Å²) in [6.45, 7) is 4.41. The highest BCUT2D eigenvalue weighted by atomic mass is 35.7. The Kier molecular flexibility index (Phi) is 2.70. The lowest BCUT2D eigenvalue weighted by Gasteiger charge is -2.19. The summed E-state index contributed by atoms with van der Waals surface area (Å²) in [4.78, 5) is 0. The lowest BCUT2D eigenvalue weighted by atomic mass is 9.99. The molecule has 1 atom stereocenters. The second-order valence-electron chi connectivity index (χ2n) is 3.16. The molecule has 1 unspecified atom stereocenters. The summed E-state index contributed by atoms with van der Waals surface area (Å²) >= 11 is 0. The molecule has 0 saturated heterocycles. The fourth-order valence-electron chi connectivity index (χ4n) is 0.422. The maximum atomic E-state index is 12.7. The van der Waals surface area contributed by atoms with Gasteiger partial charge in [-0.15, -0.1) is 0 Å². The molecule has 0 fully saturated rings. The molecular weight excluding hydrogens is 179 g/mol. The number of halogens is 2. The average molecular weight is 189 g/mol. The second-order valence-corrected chi connectivity index (χ2v) is 5.81. The lowest BCUT2D eigenvalue weighted by Crippen LogP contribution is -2.26. The van der Waals surface area contributed by atoms with Crippen LogP contribution in [0.25, 0.3) is 0 Å². The van der Waals surface area contributed by atoms with Crippen molar-refractivity contribution >= 4 is 19.7 Å². The number of hydrogen-bond acceptors (Lipinski definition) is 2. The van der Waals surface area contributed by atoms with Gasteiger partial charge in [0, 0.05) is 16.1 Å². The SMILES string of the molecule is CC(C)(C)C(F)S(=O)(=O)Cl. The van der Waals surface area contributed by atoms with E-state index in [9.17, 15) is 12.8 Å². The van der Waals surface area contributed by atoms with Crippen LogP contribution in [-0.4, -0.2) is 13.9 Å². The maximum Gasteiger partial charge on any atom is 0.265 e. The molecule has 0 aliphatic heterocycles. The van der Waals surface area contributed by atoms with Gasteiger partial charge in [-0.3, -0.25) is 0 Å². The number of rotatable bonds is 1. The van der Waals surface area contributed by atoms with Gasteiger partial charge in [0.1, 0.15) is 0 Å². The van der Waals surface area contributed by atoms with Gasteiger partial charge in [0.15, 0.2) is 0 Å². The number of alkyl halides is 1. The summed E-state index contributed by atoms with van der Waals surface area (Å²) in [5.74, 6) is 0. The fraction of sp³-hybridized carbons (Fsp3) is 1.00. The highest BCUT2D eigenvalue weighted by molar-refractivity contribution is 8.14. The zero-order chi connectivity index (χ0) is 8.58. The topological polar surface area (TPSA) is 34.1 Å². The lowest BCUT2D eigenvalue weighted by molar-refractivity contribution is 0.239. The molecule has 62 valence electrons. The Hall–Kier alpha value is 0.170. The molecular formula is C5H10ClFO2S. The van der Waals surface area contributed by atoms with Crippen molar-refractivity contribution in [3.8, 4) is 0 Å². The summed E-state index contributed by atoms with van der Waals surface area (Å²) in [7, 11) is 0.711. The summed E-state index contributed by atoms with van der Waals surface area (Å²) in [6.07, 6.45) is 0. The van der Waals surface area contributed by atoms with Gasteiger partial charge in [-0.05, 0) is 0 Å². The van der Waals surface area contributed by atoms with Crippen molar-refractivity contribution in [2.24, 2.45) is 5.41 Å². The minimum absolute atomic E-state index is 0.944. The van der Waals surface area contributed by atoms with E-state index >= 15 is 0 Å². The summed E-state index contributed by atoms with van der Waals surface area (Å²) in [5, 5.41) is 0. The molecule has 0 spiro atoms. The van der Waals surface area contributed by atoms with Crippen molar-refractivity contribution in [3.63, 3.8) is 0 Å². The molecule has 10 heavy (non-hydrogen) atoms. The van der Waals surface area contributed by atoms with Crippen LogP contribution in [0, 0.1) is 5.41 Å². The van der Waals surface area contributed by atoms with Gasteiger partial charge in [0.2, 0.25) is 5.50 Å². The Morgan fingerprint density at radius 3 is 1.70 bits per heavy atom. The Labute approximate surface area is 64.8 Å². The number of hydrogen-bond donors (Lipinski definition) is 0. The van der Waals surface area contributed by atoms with Crippen LogP contribution in [0.15, 0.2) is 0 Å². The average Bonchev–Trinajstić information content (AvgIpc) is 1.59. The molecule has 0 aliphatic carbocycles. The molecule has 0 aromatic carbocycles. The van der Waals surface area contributed by atoms with E-state index < -0.39 is 20.0 Å². The summed E-state index contributed by atoms with van der Waals surface area (Å²) in [6, 6.07) is 0. The zero-order valence-corrected chi connectivity index (χ0v) is 7.63. The monoisotopic (exact) mass is 188 g/mol. The van der Waals surface area contributed by atoms with E-state index in [1.54, 1.807) is 0 Å². The third kappa shape index (κ3) is 2.84. The van der Waals surface area contributed by atoms with Crippen molar-refractivity contribution in [2.75, 3.05) is 0 Å². The van der Waals surface area contributed by atoms with Crippen LogP contribution < -0.4 is 0 Å². The van der Waals surface area contributed by atoms with Crippen molar-refractivity contribution in [2.45, 2.75) is 26.3 Å². The first kappa shape index (κ1) is 10.2. The van der Waals surface area contributed by atoms with Gasteiger partial charge < -0.3 is 0 Å². The van der Waals surface area contributed by atoms with Gasteiger partial charge in [-0.2, -0.15) is 0 Å². The van der Waals surface area contributed by atoms with Crippen molar-refractivity contribution in [1.82, 2.24) is 0 Å². The highest BCUT2D eigenvalue weighted by Crippen LogP contribution is 2.28. The maximum absolute atomic E-state index is 12.7. The second kappa shape index (κ2) is 2.66. The Balaban J connectivity index is 4.56. The smallest absolute Gasteiger partial charge is 0.228 e. The van der Waals surface area contributed by atoms with Crippen molar-refractivity contribution < 1.29 is 12.8 Å². The van der Waals surface area contributed by atoms with E-state index in [1.807, 2.05) is 0 Å². The minimum Gasteiger partial charge on any atom is -0.228 e. The van der Waals surface area contributed by atoms with Gasteiger partial charge in [0.05, 0.1) is 0 Å². The summed E-state index contributed by atoms with van der Waals surface area (Å²) < 4.78 is 33.4. The van der Waals surface area contributed by atoms with Crippen LogP contribution in [0.2, 0.25) is 0 Å². The Morgan fingerprint density at radius 1 is 1.40 bits per heavy atom. The van der Waals surface area contributed by atoms with E-state index in [0.29, 0.717) is 0 Å². The highest BCUT2D eigenvalue weighted by Gasteiger charge is 2.34. The Bertz CT molecular complexity index is 204. The van der Waals surface area contributed by atoms with Crippen LogP contribution in [0.5, 0.6) is 0 Å². The van der Waals surface area contributed by atoms with E-state index in [-0.39, 0.29) is 0 Å². The van der Waals surface area contributed by atoms with Crippen LogP contribution in [0.3, 0.4) is 0 Å². The van der Waals surface area contributed by atoms with Gasteiger partial charge >= 0.3 is 0 Å². The molecule has 0 rings (SSSR count). The first-order chi connectivity index (χ1) is 4.15. The van der Waals surface area contributed by atoms with Crippen LogP contribution in [0.4, 0.5) is 4.39 Å². The zero-order valence-electron chi connectivity index (χ0n) is 6.06. The molecule has 0 aromatic heterocycles. The predicted molar refractivity (Wildman–Crippen MR) is 39.1 cm³/mol.